The van der Waals surface area contributed by atoms with E-state index >= 15 is 0 Å². The first-order valence-corrected chi connectivity index (χ1v) is 7.60. The van der Waals surface area contributed by atoms with E-state index < -0.39 is 5.97 Å². The number of ether oxygens (including phenoxy) is 1. The molecule has 0 radical (unpaired) electrons. The number of rotatable bonds is 4. The fourth-order valence-corrected chi connectivity index (χ4v) is 3.20. The quantitative estimate of drug-likeness (QED) is 0.882. The highest BCUT2D eigenvalue weighted by Gasteiger charge is 2.44. The van der Waals surface area contributed by atoms with E-state index in [1.165, 1.54) is 24.0 Å². The maximum absolute atomic E-state index is 12.3. The molecule has 1 aromatic heterocycles. The SMILES string of the molecule is COC(=O)c1sccc1NC(=O)[C@@H]1C[C@H]1c1ccccc1. The first kappa shape index (κ1) is 13.8. The van der Waals surface area contributed by atoms with Crippen LogP contribution in [0, 0.1) is 5.92 Å². The Morgan fingerprint density at radius 2 is 2.00 bits per heavy atom. The summed E-state index contributed by atoms with van der Waals surface area (Å²) in [5.41, 5.74) is 1.73. The predicted molar refractivity (Wildman–Crippen MR) is 81.6 cm³/mol. The van der Waals surface area contributed by atoms with Crippen LogP contribution < -0.4 is 5.32 Å². The fraction of sp³-hybridized carbons (Fsp3) is 0.250. The molecule has 1 aromatic carbocycles. The van der Waals surface area contributed by atoms with Crippen LogP contribution in [-0.4, -0.2) is 19.0 Å². The summed E-state index contributed by atoms with van der Waals surface area (Å²) in [6.07, 6.45) is 0.855. The topological polar surface area (TPSA) is 55.4 Å². The lowest BCUT2D eigenvalue weighted by Crippen LogP contribution is -2.16. The number of carbonyl (C=O) groups is 2. The summed E-state index contributed by atoms with van der Waals surface area (Å²) in [5.74, 6) is -0.188. The normalized spacial score (nSPS) is 19.9. The van der Waals surface area contributed by atoms with Gasteiger partial charge in [0.05, 0.1) is 12.8 Å². The number of hydrogen-bond donors (Lipinski definition) is 1. The van der Waals surface area contributed by atoms with Crippen LogP contribution in [0.15, 0.2) is 41.8 Å². The molecule has 1 amide bonds. The molecule has 1 saturated carbocycles. The summed E-state index contributed by atoms with van der Waals surface area (Å²) in [5, 5.41) is 4.61. The molecule has 5 heteroatoms. The highest BCUT2D eigenvalue weighted by Crippen LogP contribution is 2.48. The fourth-order valence-electron chi connectivity index (χ4n) is 2.44. The Balaban J connectivity index is 1.66. The summed E-state index contributed by atoms with van der Waals surface area (Å²) in [7, 11) is 1.33. The molecule has 0 aliphatic heterocycles. The van der Waals surface area contributed by atoms with E-state index in [0.717, 1.165) is 6.42 Å². The molecule has 2 aromatic rings. The first-order valence-electron chi connectivity index (χ1n) is 6.72. The van der Waals surface area contributed by atoms with E-state index in [4.69, 9.17) is 4.74 Å². The largest absolute Gasteiger partial charge is 0.465 e. The van der Waals surface area contributed by atoms with Gasteiger partial charge in [-0.15, -0.1) is 11.3 Å². The van der Waals surface area contributed by atoms with Gasteiger partial charge in [0.15, 0.2) is 0 Å². The van der Waals surface area contributed by atoms with Gasteiger partial charge in [0, 0.05) is 5.92 Å². The molecule has 1 aliphatic carbocycles. The van der Waals surface area contributed by atoms with E-state index in [2.05, 4.69) is 5.32 Å². The van der Waals surface area contributed by atoms with Crippen molar-refractivity contribution >= 4 is 28.9 Å². The van der Waals surface area contributed by atoms with Gasteiger partial charge in [-0.3, -0.25) is 4.79 Å². The predicted octanol–water partition coefficient (Wildman–Crippen LogP) is 3.28. The number of carbonyl (C=O) groups excluding carboxylic acids is 2. The van der Waals surface area contributed by atoms with Crippen LogP contribution in [0.2, 0.25) is 0 Å². The first-order chi connectivity index (χ1) is 10.2. The summed E-state index contributed by atoms with van der Waals surface area (Å²) in [6.45, 7) is 0. The molecule has 1 N–H and O–H groups in total. The molecule has 2 atom stereocenters. The van der Waals surface area contributed by atoms with Crippen LogP contribution >= 0.6 is 11.3 Å². The van der Waals surface area contributed by atoms with Crippen molar-refractivity contribution in [1.29, 1.82) is 0 Å². The number of thiophene rings is 1. The van der Waals surface area contributed by atoms with Crippen LogP contribution in [0.4, 0.5) is 5.69 Å². The Labute approximate surface area is 126 Å². The van der Waals surface area contributed by atoms with Crippen molar-refractivity contribution in [2.24, 2.45) is 5.92 Å². The second-order valence-corrected chi connectivity index (χ2v) is 5.92. The lowest BCUT2D eigenvalue weighted by atomic mass is 10.1. The zero-order valence-electron chi connectivity index (χ0n) is 11.5. The summed E-state index contributed by atoms with van der Waals surface area (Å²) < 4.78 is 4.70. The summed E-state index contributed by atoms with van der Waals surface area (Å²) >= 11 is 1.26. The minimum Gasteiger partial charge on any atom is -0.465 e. The number of nitrogens with one attached hydrogen (secondary N) is 1. The maximum atomic E-state index is 12.3. The molecule has 4 nitrogen and oxygen atoms in total. The van der Waals surface area contributed by atoms with Crippen molar-refractivity contribution in [3.05, 3.63) is 52.2 Å². The molecular formula is C16H15NO3S. The Bertz CT molecular complexity index is 665. The molecule has 0 bridgehead atoms. The third-order valence-corrected chi connectivity index (χ3v) is 4.54. The highest BCUT2D eigenvalue weighted by atomic mass is 32.1. The molecular weight excluding hydrogens is 286 g/mol. The standard InChI is InChI=1S/C16H15NO3S/c1-20-16(19)14-13(7-8-21-14)17-15(18)12-9-11(12)10-5-3-2-4-6-10/h2-8,11-12H,9H2,1H3,(H,17,18)/t11-,12+/m0/s1. The van der Waals surface area contributed by atoms with E-state index in [1.807, 2.05) is 30.3 Å². The number of amides is 1. The number of esters is 1. The molecule has 0 spiro atoms. The van der Waals surface area contributed by atoms with Gasteiger partial charge in [-0.1, -0.05) is 30.3 Å². The average molecular weight is 301 g/mol. The van der Waals surface area contributed by atoms with Crippen molar-refractivity contribution in [1.82, 2.24) is 0 Å². The van der Waals surface area contributed by atoms with E-state index in [-0.39, 0.29) is 17.7 Å². The Morgan fingerprint density at radius 3 is 2.71 bits per heavy atom. The van der Waals surface area contributed by atoms with Crippen LogP contribution in [0.5, 0.6) is 0 Å². The smallest absolute Gasteiger partial charge is 0.350 e. The van der Waals surface area contributed by atoms with Crippen LogP contribution in [0.1, 0.15) is 27.6 Å². The molecule has 1 aliphatic rings. The van der Waals surface area contributed by atoms with Crippen molar-refractivity contribution < 1.29 is 14.3 Å². The van der Waals surface area contributed by atoms with Gasteiger partial charge in [-0.05, 0) is 29.3 Å². The van der Waals surface area contributed by atoms with Gasteiger partial charge < -0.3 is 10.1 Å². The van der Waals surface area contributed by atoms with Crippen molar-refractivity contribution in [2.45, 2.75) is 12.3 Å². The van der Waals surface area contributed by atoms with Gasteiger partial charge in [-0.25, -0.2) is 4.79 Å². The molecule has 0 unspecified atom stereocenters. The monoisotopic (exact) mass is 301 g/mol. The lowest BCUT2D eigenvalue weighted by Gasteiger charge is -2.05. The van der Waals surface area contributed by atoms with Crippen LogP contribution in [0.25, 0.3) is 0 Å². The van der Waals surface area contributed by atoms with Crippen LogP contribution in [-0.2, 0) is 9.53 Å². The zero-order chi connectivity index (χ0) is 14.8. The van der Waals surface area contributed by atoms with Crippen molar-refractivity contribution in [3.63, 3.8) is 0 Å². The molecule has 1 fully saturated rings. The average Bonchev–Trinajstić information content (AvgIpc) is 3.20. The number of methoxy groups -OCH3 is 1. The van der Waals surface area contributed by atoms with E-state index in [1.54, 1.807) is 11.4 Å². The van der Waals surface area contributed by atoms with Gasteiger partial charge in [0.2, 0.25) is 5.91 Å². The Hall–Kier alpha value is -2.14. The van der Waals surface area contributed by atoms with Gasteiger partial charge >= 0.3 is 5.97 Å². The van der Waals surface area contributed by atoms with Crippen molar-refractivity contribution in [3.8, 4) is 0 Å². The number of hydrogen-bond acceptors (Lipinski definition) is 4. The second kappa shape index (κ2) is 5.69. The maximum Gasteiger partial charge on any atom is 0.350 e. The number of anilines is 1. The van der Waals surface area contributed by atoms with Gasteiger partial charge in [0.25, 0.3) is 0 Å². The zero-order valence-corrected chi connectivity index (χ0v) is 12.4. The van der Waals surface area contributed by atoms with Gasteiger partial charge in [0.1, 0.15) is 4.88 Å². The second-order valence-electron chi connectivity index (χ2n) is 5.00. The molecule has 108 valence electrons. The Kier molecular flexibility index (Phi) is 3.75. The third-order valence-electron chi connectivity index (χ3n) is 3.65. The molecule has 0 saturated heterocycles. The highest BCUT2D eigenvalue weighted by molar-refractivity contribution is 7.12. The van der Waals surface area contributed by atoms with E-state index in [0.29, 0.717) is 10.6 Å². The third kappa shape index (κ3) is 2.83. The van der Waals surface area contributed by atoms with Gasteiger partial charge in [-0.2, -0.15) is 0 Å². The summed E-state index contributed by atoms with van der Waals surface area (Å²) in [4.78, 5) is 24.3. The van der Waals surface area contributed by atoms with Crippen molar-refractivity contribution in [2.75, 3.05) is 12.4 Å². The summed E-state index contributed by atoms with van der Waals surface area (Å²) in [6, 6.07) is 11.8. The minimum absolute atomic E-state index is 0.0159. The van der Waals surface area contributed by atoms with Crippen LogP contribution in [0.3, 0.4) is 0 Å². The number of benzene rings is 1. The van der Waals surface area contributed by atoms with E-state index in [9.17, 15) is 9.59 Å². The molecule has 3 rings (SSSR count). The Morgan fingerprint density at radius 1 is 1.24 bits per heavy atom. The lowest BCUT2D eigenvalue weighted by molar-refractivity contribution is -0.117. The molecule has 1 heterocycles. The molecule has 21 heavy (non-hydrogen) atoms. The minimum atomic E-state index is -0.421.